The van der Waals surface area contributed by atoms with Crippen LogP contribution < -0.4 is 10.6 Å². The molecular formula is C23H40IN5O2. The van der Waals surface area contributed by atoms with Gasteiger partial charge in [-0.2, -0.15) is 0 Å². The molecule has 1 saturated heterocycles. The van der Waals surface area contributed by atoms with Gasteiger partial charge in [-0.25, -0.2) is 4.99 Å². The molecule has 8 heteroatoms. The molecule has 1 atom stereocenters. The Morgan fingerprint density at radius 2 is 1.84 bits per heavy atom. The highest BCUT2D eigenvalue weighted by Crippen LogP contribution is 2.12. The predicted molar refractivity (Wildman–Crippen MR) is 138 cm³/mol. The van der Waals surface area contributed by atoms with Crippen molar-refractivity contribution >= 4 is 35.8 Å². The van der Waals surface area contributed by atoms with Crippen LogP contribution in [0.25, 0.3) is 0 Å². The van der Waals surface area contributed by atoms with Gasteiger partial charge in [0.1, 0.15) is 6.54 Å². The summed E-state index contributed by atoms with van der Waals surface area (Å²) in [7, 11) is 0. The number of amides is 1. The van der Waals surface area contributed by atoms with E-state index in [1.54, 1.807) is 0 Å². The van der Waals surface area contributed by atoms with E-state index in [1.165, 1.54) is 0 Å². The van der Waals surface area contributed by atoms with Crippen LogP contribution in [-0.4, -0.2) is 80.2 Å². The smallest absolute Gasteiger partial charge is 0.244 e. The fourth-order valence-electron chi connectivity index (χ4n) is 3.67. The van der Waals surface area contributed by atoms with Crippen LogP contribution in [-0.2, 0) is 16.1 Å². The van der Waals surface area contributed by atoms with Gasteiger partial charge in [0, 0.05) is 45.3 Å². The maximum absolute atomic E-state index is 12.7. The van der Waals surface area contributed by atoms with Gasteiger partial charge in [0.25, 0.3) is 0 Å². The quantitative estimate of drug-likeness (QED) is 0.269. The zero-order valence-corrected chi connectivity index (χ0v) is 21.8. The van der Waals surface area contributed by atoms with Crippen molar-refractivity contribution < 1.29 is 9.53 Å². The van der Waals surface area contributed by atoms with Gasteiger partial charge in [0.2, 0.25) is 5.91 Å². The summed E-state index contributed by atoms with van der Waals surface area (Å²) in [4.78, 5) is 21.6. The van der Waals surface area contributed by atoms with Crippen molar-refractivity contribution in [3.05, 3.63) is 35.9 Å². The monoisotopic (exact) mass is 545 g/mol. The van der Waals surface area contributed by atoms with Gasteiger partial charge >= 0.3 is 0 Å². The second kappa shape index (κ2) is 15.4. The second-order valence-corrected chi connectivity index (χ2v) is 7.93. The number of hydrogen-bond donors (Lipinski definition) is 2. The Morgan fingerprint density at radius 3 is 2.42 bits per heavy atom. The Labute approximate surface area is 205 Å². The van der Waals surface area contributed by atoms with E-state index in [2.05, 4.69) is 34.4 Å². The highest BCUT2D eigenvalue weighted by atomic mass is 127. The molecule has 1 unspecified atom stereocenters. The number of carbonyl (C=O) groups is 1. The molecule has 2 rings (SSSR count). The van der Waals surface area contributed by atoms with Gasteiger partial charge in [-0.05, 0) is 25.3 Å². The summed E-state index contributed by atoms with van der Waals surface area (Å²) in [5.41, 5.74) is 1.13. The van der Waals surface area contributed by atoms with Crippen molar-refractivity contribution in [2.24, 2.45) is 10.9 Å². The molecule has 0 saturated carbocycles. The van der Waals surface area contributed by atoms with Crippen LogP contribution in [0, 0.1) is 5.92 Å². The number of carbonyl (C=O) groups excluding carboxylic acids is 1. The molecule has 2 N–H and O–H groups in total. The highest BCUT2D eigenvalue weighted by molar-refractivity contribution is 14.0. The summed E-state index contributed by atoms with van der Waals surface area (Å²) < 4.78 is 5.49. The normalized spacial score (nSPS) is 15.8. The number of benzene rings is 1. The van der Waals surface area contributed by atoms with Gasteiger partial charge in [-0.1, -0.05) is 44.2 Å². The topological polar surface area (TPSA) is 69.2 Å². The van der Waals surface area contributed by atoms with Crippen LogP contribution in [0.2, 0.25) is 0 Å². The number of nitrogens with one attached hydrogen (secondary N) is 2. The lowest BCUT2D eigenvalue weighted by molar-refractivity contribution is -0.130. The molecular weight excluding hydrogens is 505 g/mol. The third kappa shape index (κ3) is 9.74. The number of likely N-dealkylation sites (N-methyl/N-ethyl adjacent to an activating group) is 1. The minimum absolute atomic E-state index is 0. The second-order valence-electron chi connectivity index (χ2n) is 7.93. The number of hydrogen-bond acceptors (Lipinski definition) is 4. The molecule has 31 heavy (non-hydrogen) atoms. The number of ether oxygens (including phenoxy) is 1. The molecule has 176 valence electrons. The van der Waals surface area contributed by atoms with E-state index in [-0.39, 0.29) is 36.4 Å². The van der Waals surface area contributed by atoms with Crippen LogP contribution in [0.4, 0.5) is 0 Å². The molecule has 0 aliphatic carbocycles. The maximum Gasteiger partial charge on any atom is 0.244 e. The van der Waals surface area contributed by atoms with E-state index in [1.807, 2.05) is 49.1 Å². The molecule has 1 heterocycles. The molecule has 0 aromatic heterocycles. The Bertz CT molecular complexity index is 651. The Hall–Kier alpha value is -1.39. The van der Waals surface area contributed by atoms with E-state index in [0.717, 1.165) is 45.0 Å². The molecule has 1 aliphatic rings. The average molecular weight is 546 g/mol. The molecule has 0 radical (unpaired) electrons. The molecule has 1 aromatic rings. The Morgan fingerprint density at radius 1 is 1.16 bits per heavy atom. The first-order valence-corrected chi connectivity index (χ1v) is 11.2. The van der Waals surface area contributed by atoms with Crippen molar-refractivity contribution in [3.63, 3.8) is 0 Å². The minimum atomic E-state index is 0. The van der Waals surface area contributed by atoms with E-state index in [0.29, 0.717) is 31.0 Å². The summed E-state index contributed by atoms with van der Waals surface area (Å²) >= 11 is 0. The molecule has 7 nitrogen and oxygen atoms in total. The molecule has 1 aromatic carbocycles. The maximum atomic E-state index is 12.7. The molecule has 1 aliphatic heterocycles. The van der Waals surface area contributed by atoms with Crippen molar-refractivity contribution in [1.29, 1.82) is 0 Å². The van der Waals surface area contributed by atoms with E-state index < -0.39 is 0 Å². The zero-order valence-electron chi connectivity index (χ0n) is 19.5. The molecule has 0 spiro atoms. The molecule has 1 fully saturated rings. The zero-order chi connectivity index (χ0) is 21.8. The number of guanidine groups is 1. The largest absolute Gasteiger partial charge is 0.379 e. The fourth-order valence-corrected chi connectivity index (χ4v) is 3.67. The van der Waals surface area contributed by atoms with Gasteiger partial charge in [-0.15, -0.1) is 24.0 Å². The fraction of sp³-hybridized carbons (Fsp3) is 0.652. The average Bonchev–Trinajstić information content (AvgIpc) is 2.76. The lowest BCUT2D eigenvalue weighted by Crippen LogP contribution is -2.52. The van der Waals surface area contributed by atoms with Gasteiger partial charge in [0.15, 0.2) is 5.96 Å². The summed E-state index contributed by atoms with van der Waals surface area (Å²) in [5, 5.41) is 6.71. The lowest BCUT2D eigenvalue weighted by atomic mass is 10.0. The number of aliphatic imine (C=N–C) groups is 1. The Kier molecular flexibility index (Phi) is 13.7. The van der Waals surface area contributed by atoms with E-state index >= 15 is 0 Å². The molecule has 1 amide bonds. The van der Waals surface area contributed by atoms with Crippen molar-refractivity contribution in [1.82, 2.24) is 20.4 Å². The van der Waals surface area contributed by atoms with Crippen LogP contribution in [0.3, 0.4) is 0 Å². The lowest BCUT2D eigenvalue weighted by Gasteiger charge is -2.37. The summed E-state index contributed by atoms with van der Waals surface area (Å²) in [5.74, 6) is 1.24. The van der Waals surface area contributed by atoms with Crippen LogP contribution in [0.15, 0.2) is 35.3 Å². The number of morpholine rings is 1. The van der Waals surface area contributed by atoms with Crippen molar-refractivity contribution in [2.75, 3.05) is 52.5 Å². The first kappa shape index (κ1) is 27.6. The van der Waals surface area contributed by atoms with Crippen molar-refractivity contribution in [2.45, 2.75) is 40.3 Å². The first-order chi connectivity index (χ1) is 14.5. The van der Waals surface area contributed by atoms with E-state index in [9.17, 15) is 4.79 Å². The standard InChI is InChI=1S/C23H39N5O2.HI/c1-5-24-23(25-16-21(19(3)4)28-12-14-30-15-13-28)26-17-22(29)27(6-2)18-20-10-8-7-9-11-20;/h7-11,19,21H,5-6,12-18H2,1-4H3,(H2,24,25,26);1H. The third-order valence-electron chi connectivity index (χ3n) is 5.43. The van der Waals surface area contributed by atoms with Gasteiger partial charge in [-0.3, -0.25) is 9.69 Å². The van der Waals surface area contributed by atoms with Gasteiger partial charge in [0.05, 0.1) is 13.2 Å². The number of halogens is 1. The third-order valence-corrected chi connectivity index (χ3v) is 5.43. The number of rotatable bonds is 10. The number of nitrogens with zero attached hydrogens (tertiary/aromatic N) is 3. The van der Waals surface area contributed by atoms with E-state index in [4.69, 9.17) is 4.74 Å². The van der Waals surface area contributed by atoms with Gasteiger partial charge < -0.3 is 20.3 Å². The Balaban J connectivity index is 0.00000480. The van der Waals surface area contributed by atoms with Crippen molar-refractivity contribution in [3.8, 4) is 0 Å². The minimum Gasteiger partial charge on any atom is -0.379 e. The van der Waals surface area contributed by atoms with Crippen LogP contribution in [0.1, 0.15) is 33.3 Å². The summed E-state index contributed by atoms with van der Waals surface area (Å²) in [6.45, 7) is 15.0. The van der Waals surface area contributed by atoms with Crippen LogP contribution in [0.5, 0.6) is 0 Å². The predicted octanol–water partition coefficient (Wildman–Crippen LogP) is 2.56. The van der Waals surface area contributed by atoms with Crippen LogP contribution >= 0.6 is 24.0 Å². The first-order valence-electron chi connectivity index (χ1n) is 11.2. The SMILES string of the molecule is CCNC(=NCC(=O)N(CC)Cc1ccccc1)NCC(C(C)C)N1CCOCC1.I. The summed E-state index contributed by atoms with van der Waals surface area (Å²) in [6, 6.07) is 10.5. The highest BCUT2D eigenvalue weighted by Gasteiger charge is 2.24. The molecule has 0 bridgehead atoms. The summed E-state index contributed by atoms with van der Waals surface area (Å²) in [6.07, 6.45) is 0.